The van der Waals surface area contributed by atoms with Crippen molar-refractivity contribution in [3.05, 3.63) is 0 Å². The minimum atomic E-state index is 0.195. The second kappa shape index (κ2) is 7.21. The zero-order chi connectivity index (χ0) is 11.0. The van der Waals surface area contributed by atoms with Crippen molar-refractivity contribution in [2.24, 2.45) is 11.1 Å². The minimum Gasteiger partial charge on any atom is -0.382 e. The zero-order valence-electron chi connectivity index (χ0n) is 10.0. The number of rotatable bonds is 8. The van der Waals surface area contributed by atoms with E-state index in [1.807, 2.05) is 6.92 Å². The molecule has 0 aromatic rings. The van der Waals surface area contributed by atoms with E-state index in [9.17, 15) is 0 Å². The third kappa shape index (κ3) is 7.30. The van der Waals surface area contributed by atoms with Crippen LogP contribution in [0.4, 0.5) is 0 Å². The average Bonchev–Trinajstić information content (AvgIpc) is 2.13. The van der Waals surface area contributed by atoms with Crippen molar-refractivity contribution < 1.29 is 9.47 Å². The molecular weight excluding hydrogens is 178 g/mol. The molecule has 0 rings (SSSR count). The van der Waals surface area contributed by atoms with E-state index in [0.29, 0.717) is 6.61 Å². The topological polar surface area (TPSA) is 44.5 Å². The van der Waals surface area contributed by atoms with Gasteiger partial charge in [-0.1, -0.05) is 13.8 Å². The van der Waals surface area contributed by atoms with Crippen LogP contribution in [0.3, 0.4) is 0 Å². The third-order valence-electron chi connectivity index (χ3n) is 2.35. The summed E-state index contributed by atoms with van der Waals surface area (Å²) in [4.78, 5) is 0. The number of methoxy groups -OCH3 is 1. The standard InChI is InChI=1S/C11H25NO2/c1-10(8-13-4)14-7-5-6-11(2,3)9-12/h10H,5-9,12H2,1-4H3. The maximum absolute atomic E-state index is 5.64. The zero-order valence-corrected chi connectivity index (χ0v) is 10.0. The van der Waals surface area contributed by atoms with Crippen LogP contribution in [-0.4, -0.2) is 33.0 Å². The lowest BCUT2D eigenvalue weighted by atomic mass is 9.88. The highest BCUT2D eigenvalue weighted by molar-refractivity contribution is 4.68. The van der Waals surface area contributed by atoms with Gasteiger partial charge in [-0.2, -0.15) is 0 Å². The summed E-state index contributed by atoms with van der Waals surface area (Å²) in [6, 6.07) is 0. The molecule has 86 valence electrons. The molecule has 3 heteroatoms. The Morgan fingerprint density at radius 3 is 2.50 bits per heavy atom. The molecule has 1 unspecified atom stereocenters. The van der Waals surface area contributed by atoms with Gasteiger partial charge in [0.15, 0.2) is 0 Å². The highest BCUT2D eigenvalue weighted by Gasteiger charge is 2.14. The maximum atomic E-state index is 5.64. The second-order valence-corrected chi connectivity index (χ2v) is 4.61. The molecule has 0 aliphatic heterocycles. The smallest absolute Gasteiger partial charge is 0.0780 e. The Morgan fingerprint density at radius 2 is 2.00 bits per heavy atom. The van der Waals surface area contributed by atoms with Crippen LogP contribution in [0.25, 0.3) is 0 Å². The number of ether oxygens (including phenoxy) is 2. The molecule has 0 aliphatic carbocycles. The Hall–Kier alpha value is -0.120. The van der Waals surface area contributed by atoms with Gasteiger partial charge in [0.1, 0.15) is 0 Å². The van der Waals surface area contributed by atoms with E-state index in [1.165, 1.54) is 0 Å². The Bertz CT molecular complexity index is 137. The molecule has 0 bridgehead atoms. The Labute approximate surface area is 88.0 Å². The van der Waals surface area contributed by atoms with Gasteiger partial charge >= 0.3 is 0 Å². The number of hydrogen-bond donors (Lipinski definition) is 1. The molecule has 1 atom stereocenters. The lowest BCUT2D eigenvalue weighted by Crippen LogP contribution is -2.24. The first-order chi connectivity index (χ1) is 6.52. The van der Waals surface area contributed by atoms with Crippen LogP contribution in [0.1, 0.15) is 33.6 Å². The summed E-state index contributed by atoms with van der Waals surface area (Å²) in [5.41, 5.74) is 5.88. The largest absolute Gasteiger partial charge is 0.382 e. The fourth-order valence-corrected chi connectivity index (χ4v) is 1.22. The van der Waals surface area contributed by atoms with Crippen molar-refractivity contribution in [1.82, 2.24) is 0 Å². The summed E-state index contributed by atoms with van der Waals surface area (Å²) in [7, 11) is 1.69. The summed E-state index contributed by atoms with van der Waals surface area (Å²) in [6.07, 6.45) is 2.38. The van der Waals surface area contributed by atoms with E-state index < -0.39 is 0 Å². The quantitative estimate of drug-likeness (QED) is 0.612. The summed E-state index contributed by atoms with van der Waals surface area (Å²) >= 11 is 0. The van der Waals surface area contributed by atoms with Crippen molar-refractivity contribution in [1.29, 1.82) is 0 Å². The van der Waals surface area contributed by atoms with Gasteiger partial charge in [0.05, 0.1) is 12.7 Å². The van der Waals surface area contributed by atoms with Crippen LogP contribution in [0, 0.1) is 5.41 Å². The molecule has 0 amide bonds. The second-order valence-electron chi connectivity index (χ2n) is 4.61. The summed E-state index contributed by atoms with van der Waals surface area (Å²) < 4.78 is 10.5. The fraction of sp³-hybridized carbons (Fsp3) is 1.00. The maximum Gasteiger partial charge on any atom is 0.0780 e. The average molecular weight is 203 g/mol. The molecule has 0 aromatic heterocycles. The van der Waals surface area contributed by atoms with Crippen LogP contribution in [0.15, 0.2) is 0 Å². The first-order valence-electron chi connectivity index (χ1n) is 5.32. The van der Waals surface area contributed by atoms with Crippen molar-refractivity contribution in [3.8, 4) is 0 Å². The molecule has 0 fully saturated rings. The molecule has 0 saturated carbocycles. The first kappa shape index (κ1) is 13.9. The molecule has 14 heavy (non-hydrogen) atoms. The normalized spacial score (nSPS) is 14.4. The van der Waals surface area contributed by atoms with Gasteiger partial charge < -0.3 is 15.2 Å². The van der Waals surface area contributed by atoms with E-state index in [-0.39, 0.29) is 11.5 Å². The Balaban J connectivity index is 3.37. The lowest BCUT2D eigenvalue weighted by Gasteiger charge is -2.22. The molecule has 0 aliphatic rings. The molecule has 0 saturated heterocycles. The van der Waals surface area contributed by atoms with Crippen LogP contribution < -0.4 is 5.73 Å². The minimum absolute atomic E-state index is 0.195. The van der Waals surface area contributed by atoms with Gasteiger partial charge in [-0.3, -0.25) is 0 Å². The predicted molar refractivity (Wildman–Crippen MR) is 59.4 cm³/mol. The van der Waals surface area contributed by atoms with Crippen molar-refractivity contribution >= 4 is 0 Å². The fourth-order valence-electron chi connectivity index (χ4n) is 1.22. The van der Waals surface area contributed by atoms with Crippen molar-refractivity contribution in [2.75, 3.05) is 26.9 Å². The van der Waals surface area contributed by atoms with E-state index in [0.717, 1.165) is 26.0 Å². The van der Waals surface area contributed by atoms with Crippen LogP contribution in [0.5, 0.6) is 0 Å². The molecule has 0 aromatic carbocycles. The van der Waals surface area contributed by atoms with Gasteiger partial charge in [0.2, 0.25) is 0 Å². The monoisotopic (exact) mass is 203 g/mol. The predicted octanol–water partition coefficient (Wildman–Crippen LogP) is 1.80. The molecule has 0 spiro atoms. The molecule has 3 nitrogen and oxygen atoms in total. The SMILES string of the molecule is COCC(C)OCCCC(C)(C)CN. The molecule has 0 heterocycles. The summed E-state index contributed by atoms with van der Waals surface area (Å²) in [5.74, 6) is 0. The number of nitrogens with two attached hydrogens (primary N) is 1. The van der Waals surface area contributed by atoms with Crippen molar-refractivity contribution in [2.45, 2.75) is 39.7 Å². The Kier molecular flexibility index (Phi) is 7.15. The highest BCUT2D eigenvalue weighted by Crippen LogP contribution is 2.20. The summed E-state index contributed by atoms with van der Waals surface area (Å²) in [6.45, 7) is 8.60. The summed E-state index contributed by atoms with van der Waals surface area (Å²) in [5, 5.41) is 0. The first-order valence-corrected chi connectivity index (χ1v) is 5.32. The molecular formula is C11H25NO2. The van der Waals surface area contributed by atoms with E-state index >= 15 is 0 Å². The highest BCUT2D eigenvalue weighted by atomic mass is 16.5. The van der Waals surface area contributed by atoms with Crippen LogP contribution in [0.2, 0.25) is 0 Å². The van der Waals surface area contributed by atoms with Crippen LogP contribution >= 0.6 is 0 Å². The molecule has 2 N–H and O–H groups in total. The van der Waals surface area contributed by atoms with E-state index in [2.05, 4.69) is 13.8 Å². The van der Waals surface area contributed by atoms with Gasteiger partial charge in [0, 0.05) is 13.7 Å². The van der Waals surface area contributed by atoms with Crippen LogP contribution in [-0.2, 0) is 9.47 Å². The van der Waals surface area contributed by atoms with Gasteiger partial charge in [0.25, 0.3) is 0 Å². The van der Waals surface area contributed by atoms with Gasteiger partial charge in [-0.25, -0.2) is 0 Å². The number of hydrogen-bond acceptors (Lipinski definition) is 3. The van der Waals surface area contributed by atoms with Crippen molar-refractivity contribution in [3.63, 3.8) is 0 Å². The van der Waals surface area contributed by atoms with Gasteiger partial charge in [-0.05, 0) is 31.7 Å². The van der Waals surface area contributed by atoms with E-state index in [4.69, 9.17) is 15.2 Å². The van der Waals surface area contributed by atoms with Gasteiger partial charge in [-0.15, -0.1) is 0 Å². The Morgan fingerprint density at radius 1 is 1.36 bits per heavy atom. The van der Waals surface area contributed by atoms with E-state index in [1.54, 1.807) is 7.11 Å². The molecule has 0 radical (unpaired) electrons. The third-order valence-corrected chi connectivity index (χ3v) is 2.35. The lowest BCUT2D eigenvalue weighted by molar-refractivity contribution is 0.00541.